The number of carbonyl (C=O) groups is 2. The minimum absolute atomic E-state index is 0.203. The maximum atomic E-state index is 12.3. The molecule has 0 radical (unpaired) electrons. The summed E-state index contributed by atoms with van der Waals surface area (Å²) >= 11 is 2.40. The summed E-state index contributed by atoms with van der Waals surface area (Å²) in [6.45, 7) is 1.08. The molecule has 34 heavy (non-hydrogen) atoms. The summed E-state index contributed by atoms with van der Waals surface area (Å²) in [6, 6.07) is 24.9. The van der Waals surface area contributed by atoms with Crippen molar-refractivity contribution in [3.05, 3.63) is 83.3 Å². The van der Waals surface area contributed by atoms with E-state index in [0.29, 0.717) is 10.1 Å². The second kappa shape index (κ2) is 12.0. The fraction of sp³-hybridized carbons (Fsp3) is 0.115. The average Bonchev–Trinajstić information content (AvgIpc) is 3.14. The van der Waals surface area contributed by atoms with Crippen molar-refractivity contribution in [2.75, 3.05) is 24.3 Å². The molecule has 0 spiro atoms. The number of amidine groups is 1. The normalized spacial score (nSPS) is 13.7. The van der Waals surface area contributed by atoms with Crippen LogP contribution in [0.4, 0.5) is 11.4 Å². The van der Waals surface area contributed by atoms with E-state index in [-0.39, 0.29) is 5.91 Å². The van der Waals surface area contributed by atoms with Crippen LogP contribution in [0.25, 0.3) is 17.2 Å². The van der Waals surface area contributed by atoms with Crippen molar-refractivity contribution >= 4 is 77.0 Å². The van der Waals surface area contributed by atoms with Crippen LogP contribution in [0.5, 0.6) is 0 Å². The van der Waals surface area contributed by atoms with Crippen LogP contribution in [0.1, 0.15) is 12.5 Å². The maximum absolute atomic E-state index is 12.3. The minimum Gasteiger partial charge on any atom is -0.0523 e. The number of amides is 1. The van der Waals surface area contributed by atoms with Gasteiger partial charge in [0.15, 0.2) is 0 Å². The zero-order chi connectivity index (χ0) is 24.7. The topological polar surface area (TPSA) is 82.0 Å². The number of aliphatic imine (C=N–C) groups is 1. The third-order valence-electron chi connectivity index (χ3n) is 4.85. The molecule has 168 valence electrons. The van der Waals surface area contributed by atoms with Crippen molar-refractivity contribution in [1.82, 2.24) is 0 Å². The van der Waals surface area contributed by atoms with E-state index in [1.807, 2.05) is 44.4 Å². The van der Waals surface area contributed by atoms with Gasteiger partial charge in [0, 0.05) is 26.7 Å². The number of carboxylic acids is 1. The van der Waals surface area contributed by atoms with Crippen LogP contribution in [0.2, 0.25) is 0 Å². The SMILES string of the molecule is CC(=O)O.CN(C)c1ccc(-c2ccc(C=C3SC(Nc4cc[c]([Na])cc4)=NC3=O)cc2)cc1. The number of carbonyl (C=O) groups excluding carboxylic acids is 1. The number of benzene rings is 3. The fourth-order valence-corrected chi connectivity index (χ4v) is 4.27. The van der Waals surface area contributed by atoms with Gasteiger partial charge in [-0.05, 0) is 23.3 Å². The molecule has 1 heterocycles. The molecule has 3 aromatic rings. The Kier molecular flexibility index (Phi) is 9.12. The van der Waals surface area contributed by atoms with Crippen molar-refractivity contribution in [2.24, 2.45) is 4.99 Å². The predicted molar refractivity (Wildman–Crippen MR) is 143 cm³/mol. The third-order valence-corrected chi connectivity index (χ3v) is 6.41. The van der Waals surface area contributed by atoms with Gasteiger partial charge in [-0.3, -0.25) is 4.79 Å². The van der Waals surface area contributed by atoms with Gasteiger partial charge in [-0.15, -0.1) is 0 Å². The summed E-state index contributed by atoms with van der Waals surface area (Å²) in [5, 5.41) is 11.3. The first kappa shape index (κ1) is 25.8. The van der Waals surface area contributed by atoms with Crippen LogP contribution in [0.15, 0.2) is 82.7 Å². The minimum atomic E-state index is -0.833. The van der Waals surface area contributed by atoms with Crippen molar-refractivity contribution in [3.63, 3.8) is 0 Å². The molecule has 0 bridgehead atoms. The van der Waals surface area contributed by atoms with Gasteiger partial charge in [0.2, 0.25) is 0 Å². The van der Waals surface area contributed by atoms with Gasteiger partial charge in [-0.1, -0.05) is 12.1 Å². The molecular weight excluding hydrogens is 457 g/mol. The number of rotatable bonds is 4. The Labute approximate surface area is 221 Å². The Morgan fingerprint density at radius 1 is 0.971 bits per heavy atom. The Bertz CT molecular complexity index is 1220. The zero-order valence-corrected chi connectivity index (χ0v) is 22.4. The Hall–Kier alpha value is -2.84. The zero-order valence-electron chi connectivity index (χ0n) is 19.6. The van der Waals surface area contributed by atoms with Crippen LogP contribution in [0.3, 0.4) is 0 Å². The Morgan fingerprint density at radius 3 is 2.03 bits per heavy atom. The standard InChI is InChI=1S/C24H20N3OS.C2H4O2.Na/c1-27(2)21-14-12-19(13-15-21)18-10-8-17(9-11-18)16-22-23(28)26-24(29-22)25-20-6-4-3-5-7-20;1-2(3)4;/h4-16H,1-2H3,(H,25,26,28);1H3,(H,3,4);. The van der Waals surface area contributed by atoms with E-state index in [2.05, 4.69) is 63.7 Å². The fourth-order valence-electron chi connectivity index (χ4n) is 3.10. The first-order valence-corrected chi connectivity index (χ1v) is 12.5. The molecule has 0 unspecified atom stereocenters. The summed E-state index contributed by atoms with van der Waals surface area (Å²) in [7, 11) is 4.07. The van der Waals surface area contributed by atoms with Gasteiger partial charge in [0.1, 0.15) is 0 Å². The third kappa shape index (κ3) is 7.60. The van der Waals surface area contributed by atoms with Gasteiger partial charge < -0.3 is 10.0 Å². The molecule has 2 N–H and O–H groups in total. The van der Waals surface area contributed by atoms with E-state index in [1.54, 1.807) is 0 Å². The summed E-state index contributed by atoms with van der Waals surface area (Å²) < 4.78 is 1.33. The second-order valence-corrected chi connectivity index (χ2v) is 10.1. The number of anilines is 2. The van der Waals surface area contributed by atoms with Gasteiger partial charge >= 0.3 is 139 Å². The molecule has 3 aromatic carbocycles. The predicted octanol–water partition coefficient (Wildman–Crippen LogP) is 4.39. The van der Waals surface area contributed by atoms with E-state index in [1.165, 1.54) is 25.8 Å². The van der Waals surface area contributed by atoms with Gasteiger partial charge in [0.05, 0.1) is 0 Å². The molecule has 1 aliphatic rings. The first-order chi connectivity index (χ1) is 16.2. The monoisotopic (exact) mass is 481 g/mol. The average molecular weight is 482 g/mol. The van der Waals surface area contributed by atoms with Crippen LogP contribution >= 0.6 is 11.8 Å². The van der Waals surface area contributed by atoms with Crippen molar-refractivity contribution in [1.29, 1.82) is 0 Å². The van der Waals surface area contributed by atoms with E-state index < -0.39 is 5.97 Å². The quantitative estimate of drug-likeness (QED) is 0.425. The molecule has 0 saturated heterocycles. The summed E-state index contributed by atoms with van der Waals surface area (Å²) in [5.41, 5.74) is 5.42. The molecule has 0 aromatic heterocycles. The molecule has 8 heteroatoms. The number of thioether (sulfide) groups is 1. The van der Waals surface area contributed by atoms with E-state index in [0.717, 1.165) is 51.7 Å². The number of carboxylic acid groups (broad SMARTS) is 1. The van der Waals surface area contributed by atoms with E-state index in [9.17, 15) is 4.79 Å². The van der Waals surface area contributed by atoms with Crippen LogP contribution in [0, 0.1) is 0 Å². The molecule has 1 aliphatic heterocycles. The molecule has 6 nitrogen and oxygen atoms in total. The van der Waals surface area contributed by atoms with Crippen molar-refractivity contribution < 1.29 is 14.7 Å². The van der Waals surface area contributed by atoms with Crippen LogP contribution < -0.4 is 13.0 Å². The number of hydrogen-bond acceptors (Lipinski definition) is 5. The molecule has 0 aliphatic carbocycles. The Morgan fingerprint density at radius 2 is 1.50 bits per heavy atom. The number of hydrogen-bond donors (Lipinski definition) is 2. The summed E-state index contributed by atoms with van der Waals surface area (Å²) in [6.07, 6.45) is 1.89. The molecule has 0 saturated carbocycles. The van der Waals surface area contributed by atoms with Crippen molar-refractivity contribution in [2.45, 2.75) is 6.92 Å². The molecular formula is C26H24N3NaO3S. The van der Waals surface area contributed by atoms with Crippen LogP contribution in [-0.4, -0.2) is 64.2 Å². The first-order valence-electron chi connectivity index (χ1n) is 10.6. The smallest absolute Gasteiger partial charge is 0.0523 e. The number of nitrogens with one attached hydrogen (secondary N) is 1. The molecule has 4 rings (SSSR count). The summed E-state index contributed by atoms with van der Waals surface area (Å²) in [5.74, 6) is -1.04. The van der Waals surface area contributed by atoms with E-state index in [4.69, 9.17) is 9.90 Å². The second-order valence-electron chi connectivity index (χ2n) is 7.91. The number of nitrogens with zero attached hydrogens (tertiary/aromatic N) is 2. The summed E-state index contributed by atoms with van der Waals surface area (Å²) in [4.78, 5) is 28.1. The van der Waals surface area contributed by atoms with E-state index >= 15 is 0 Å². The van der Waals surface area contributed by atoms with Crippen LogP contribution in [-0.2, 0) is 9.59 Å². The number of aliphatic carboxylic acids is 1. The van der Waals surface area contributed by atoms with Gasteiger partial charge in [-0.2, -0.15) is 0 Å². The molecule has 0 atom stereocenters. The van der Waals surface area contributed by atoms with Crippen molar-refractivity contribution in [3.8, 4) is 11.1 Å². The molecule has 1 amide bonds. The Balaban J connectivity index is 0.000000751. The molecule has 0 fully saturated rings. The van der Waals surface area contributed by atoms with Gasteiger partial charge in [-0.25, -0.2) is 0 Å². The van der Waals surface area contributed by atoms with Gasteiger partial charge in [0.25, 0.3) is 5.97 Å².